The van der Waals surface area contributed by atoms with Gasteiger partial charge in [0.15, 0.2) is 0 Å². The fraction of sp³-hybridized carbons (Fsp3) is 0.391. The molecule has 6 heteroatoms. The highest BCUT2D eigenvalue weighted by Gasteiger charge is 2.22. The Balaban J connectivity index is 1.25. The zero-order chi connectivity index (χ0) is 20.2. The van der Waals surface area contributed by atoms with Gasteiger partial charge >= 0.3 is 0 Å². The van der Waals surface area contributed by atoms with Gasteiger partial charge in [-0.2, -0.15) is 0 Å². The third-order valence-electron chi connectivity index (χ3n) is 5.64. The number of carbonyl (C=O) groups excluding carboxylic acids is 2. The predicted octanol–water partition coefficient (Wildman–Crippen LogP) is 2.88. The van der Waals surface area contributed by atoms with Crippen LogP contribution in [0.2, 0.25) is 0 Å². The second-order valence-electron chi connectivity index (χ2n) is 7.85. The molecule has 29 heavy (non-hydrogen) atoms. The molecule has 0 spiro atoms. The Hall–Kier alpha value is -2.86. The van der Waals surface area contributed by atoms with Crippen LogP contribution in [0.1, 0.15) is 18.4 Å². The highest BCUT2D eigenvalue weighted by Crippen LogP contribution is 2.23. The van der Waals surface area contributed by atoms with Crippen molar-refractivity contribution in [1.29, 1.82) is 0 Å². The number of anilines is 3. The number of nitrogens with one attached hydrogen (secondary N) is 1. The van der Waals surface area contributed by atoms with E-state index in [0.29, 0.717) is 13.0 Å². The lowest BCUT2D eigenvalue weighted by Crippen LogP contribution is -2.48. The molecule has 0 aliphatic carbocycles. The smallest absolute Gasteiger partial charge is 0.238 e. The van der Waals surface area contributed by atoms with Crippen LogP contribution in [-0.4, -0.2) is 56.0 Å². The van der Waals surface area contributed by atoms with Crippen molar-refractivity contribution >= 4 is 28.9 Å². The molecule has 2 heterocycles. The second kappa shape index (κ2) is 8.66. The summed E-state index contributed by atoms with van der Waals surface area (Å²) in [5, 5.41) is 2.97. The van der Waals surface area contributed by atoms with Gasteiger partial charge in [-0.05, 0) is 55.3 Å². The van der Waals surface area contributed by atoms with Crippen LogP contribution < -0.4 is 15.1 Å². The van der Waals surface area contributed by atoms with Crippen LogP contribution in [-0.2, 0) is 9.59 Å². The summed E-state index contributed by atoms with van der Waals surface area (Å²) in [6.45, 7) is 6.88. The van der Waals surface area contributed by atoms with Crippen molar-refractivity contribution in [1.82, 2.24) is 4.90 Å². The maximum Gasteiger partial charge on any atom is 0.238 e. The average molecular weight is 393 g/mol. The van der Waals surface area contributed by atoms with E-state index in [2.05, 4.69) is 46.3 Å². The highest BCUT2D eigenvalue weighted by molar-refractivity contribution is 5.96. The molecule has 2 aromatic rings. The Kier molecular flexibility index (Phi) is 5.81. The molecular formula is C23H28N4O2. The molecule has 0 atom stereocenters. The molecule has 0 saturated carbocycles. The number of piperazine rings is 1. The lowest BCUT2D eigenvalue weighted by molar-refractivity contribution is -0.118. The second-order valence-corrected chi connectivity index (χ2v) is 7.85. The minimum Gasteiger partial charge on any atom is -0.369 e. The van der Waals surface area contributed by atoms with Gasteiger partial charge in [-0.15, -0.1) is 0 Å². The van der Waals surface area contributed by atoms with E-state index < -0.39 is 0 Å². The van der Waals surface area contributed by atoms with Crippen LogP contribution in [0, 0.1) is 6.92 Å². The molecule has 2 saturated heterocycles. The summed E-state index contributed by atoms with van der Waals surface area (Å²) in [6, 6.07) is 16.1. The molecule has 0 unspecified atom stereocenters. The van der Waals surface area contributed by atoms with Crippen LogP contribution in [0.4, 0.5) is 17.1 Å². The summed E-state index contributed by atoms with van der Waals surface area (Å²) in [6.07, 6.45) is 1.53. The largest absolute Gasteiger partial charge is 0.369 e. The minimum absolute atomic E-state index is 0.000922. The summed E-state index contributed by atoms with van der Waals surface area (Å²) in [4.78, 5) is 30.6. The quantitative estimate of drug-likeness (QED) is 0.850. The van der Waals surface area contributed by atoms with E-state index >= 15 is 0 Å². The number of benzene rings is 2. The first-order valence-electron chi connectivity index (χ1n) is 10.3. The first-order chi connectivity index (χ1) is 14.1. The first-order valence-corrected chi connectivity index (χ1v) is 10.3. The molecule has 1 N–H and O–H groups in total. The van der Waals surface area contributed by atoms with E-state index in [9.17, 15) is 9.59 Å². The first kappa shape index (κ1) is 19.5. The van der Waals surface area contributed by atoms with Gasteiger partial charge in [-0.3, -0.25) is 14.5 Å². The molecule has 6 nitrogen and oxygen atoms in total. The topological polar surface area (TPSA) is 55.9 Å². The van der Waals surface area contributed by atoms with Crippen molar-refractivity contribution in [2.75, 3.05) is 54.4 Å². The van der Waals surface area contributed by atoms with Gasteiger partial charge in [0, 0.05) is 56.2 Å². The lowest BCUT2D eigenvalue weighted by atomic mass is 10.2. The van der Waals surface area contributed by atoms with E-state index in [1.54, 1.807) is 4.90 Å². The summed E-state index contributed by atoms with van der Waals surface area (Å²) in [7, 11) is 0. The molecule has 0 bridgehead atoms. The maximum absolute atomic E-state index is 12.4. The third kappa shape index (κ3) is 4.77. The number of carbonyl (C=O) groups is 2. The summed E-state index contributed by atoms with van der Waals surface area (Å²) < 4.78 is 0. The normalized spacial score (nSPS) is 17.6. The summed E-state index contributed by atoms with van der Waals surface area (Å²) in [5.41, 5.74) is 4.19. The molecule has 152 valence electrons. The number of hydrogen-bond donors (Lipinski definition) is 1. The number of nitrogens with zero attached hydrogens (tertiary/aromatic N) is 3. The number of aryl methyl sites for hydroxylation is 1. The third-order valence-corrected chi connectivity index (χ3v) is 5.64. The number of hydrogen-bond acceptors (Lipinski definition) is 4. The molecule has 2 aliphatic rings. The van der Waals surface area contributed by atoms with Gasteiger partial charge in [0.05, 0.1) is 6.54 Å². The highest BCUT2D eigenvalue weighted by atomic mass is 16.2. The Labute approximate surface area is 172 Å². The van der Waals surface area contributed by atoms with E-state index in [1.807, 2.05) is 24.3 Å². The van der Waals surface area contributed by atoms with Crippen molar-refractivity contribution in [3.63, 3.8) is 0 Å². The maximum atomic E-state index is 12.4. The Morgan fingerprint density at radius 2 is 1.72 bits per heavy atom. The molecule has 2 fully saturated rings. The SMILES string of the molecule is Cc1cccc(N2CCN(CC(=O)Nc3ccc(N4CCCC4=O)cc3)CC2)c1. The predicted molar refractivity (Wildman–Crippen MR) is 116 cm³/mol. The van der Waals surface area contributed by atoms with Crippen LogP contribution in [0.3, 0.4) is 0 Å². The molecule has 0 radical (unpaired) electrons. The molecule has 0 aromatic heterocycles. The fourth-order valence-electron chi connectivity index (χ4n) is 4.04. The van der Waals surface area contributed by atoms with E-state index in [-0.39, 0.29) is 11.8 Å². The zero-order valence-electron chi connectivity index (χ0n) is 16.9. The van der Waals surface area contributed by atoms with Gasteiger partial charge in [0.2, 0.25) is 11.8 Å². The van der Waals surface area contributed by atoms with Gasteiger partial charge in [0.25, 0.3) is 0 Å². The van der Waals surface area contributed by atoms with Crippen molar-refractivity contribution in [2.24, 2.45) is 0 Å². The van der Waals surface area contributed by atoms with E-state index in [0.717, 1.165) is 50.5 Å². The van der Waals surface area contributed by atoms with Crippen LogP contribution in [0.15, 0.2) is 48.5 Å². The minimum atomic E-state index is -0.000922. The van der Waals surface area contributed by atoms with E-state index in [4.69, 9.17) is 0 Å². The van der Waals surface area contributed by atoms with Gasteiger partial charge in [-0.25, -0.2) is 0 Å². The molecule has 4 rings (SSSR count). The molecule has 2 aromatic carbocycles. The molecular weight excluding hydrogens is 364 g/mol. The monoisotopic (exact) mass is 392 g/mol. The zero-order valence-corrected chi connectivity index (χ0v) is 16.9. The van der Waals surface area contributed by atoms with Crippen LogP contribution >= 0.6 is 0 Å². The average Bonchev–Trinajstić information content (AvgIpc) is 3.15. The summed E-state index contributed by atoms with van der Waals surface area (Å²) >= 11 is 0. The van der Waals surface area contributed by atoms with Crippen molar-refractivity contribution < 1.29 is 9.59 Å². The number of amides is 2. The van der Waals surface area contributed by atoms with Crippen molar-refractivity contribution in [3.8, 4) is 0 Å². The lowest BCUT2D eigenvalue weighted by Gasteiger charge is -2.35. The van der Waals surface area contributed by atoms with Crippen LogP contribution in [0.5, 0.6) is 0 Å². The van der Waals surface area contributed by atoms with Crippen LogP contribution in [0.25, 0.3) is 0 Å². The van der Waals surface area contributed by atoms with Gasteiger partial charge in [-0.1, -0.05) is 12.1 Å². The Morgan fingerprint density at radius 1 is 0.966 bits per heavy atom. The standard InChI is InChI=1S/C23H28N4O2/c1-18-4-2-5-21(16-18)26-14-12-25(13-15-26)17-22(28)24-19-7-9-20(10-8-19)27-11-3-6-23(27)29/h2,4-5,7-10,16H,3,6,11-15,17H2,1H3,(H,24,28). The number of rotatable bonds is 5. The van der Waals surface area contributed by atoms with Gasteiger partial charge in [0.1, 0.15) is 0 Å². The van der Waals surface area contributed by atoms with Crippen molar-refractivity contribution in [3.05, 3.63) is 54.1 Å². The van der Waals surface area contributed by atoms with Crippen molar-refractivity contribution in [2.45, 2.75) is 19.8 Å². The molecule has 2 amide bonds. The Morgan fingerprint density at radius 3 is 2.38 bits per heavy atom. The molecule has 2 aliphatic heterocycles. The fourth-order valence-corrected chi connectivity index (χ4v) is 4.04. The van der Waals surface area contributed by atoms with Gasteiger partial charge < -0.3 is 15.1 Å². The Bertz CT molecular complexity index is 873. The summed E-state index contributed by atoms with van der Waals surface area (Å²) in [5.74, 6) is 0.172. The van der Waals surface area contributed by atoms with E-state index in [1.165, 1.54) is 11.3 Å².